The van der Waals surface area contributed by atoms with Crippen LogP contribution in [0.4, 0.5) is 4.79 Å². The lowest BCUT2D eigenvalue weighted by Gasteiger charge is -2.28. The minimum Gasteiger partial charge on any atom is -0.374 e. The average Bonchev–Trinajstić information content (AvgIpc) is 2.52. The van der Waals surface area contributed by atoms with Gasteiger partial charge < -0.3 is 23.9 Å². The topological polar surface area (TPSA) is 68.8 Å². The van der Waals surface area contributed by atoms with Gasteiger partial charge in [-0.1, -0.05) is 26.2 Å². The van der Waals surface area contributed by atoms with Crippen LogP contribution in [0.2, 0.25) is 6.04 Å². The fourth-order valence-electron chi connectivity index (χ4n) is 2.32. The molecule has 0 radical (unpaired) electrons. The molecule has 0 aromatic heterocycles. The number of rotatable bonds is 15. The summed E-state index contributed by atoms with van der Waals surface area (Å²) in [4.78, 5) is 11.7. The summed E-state index contributed by atoms with van der Waals surface area (Å²) in [5.41, 5.74) is 0. The normalized spacial score (nSPS) is 11.5. The Morgan fingerprint density at radius 2 is 1.30 bits per heavy atom. The minimum atomic E-state index is -2.58. The van der Waals surface area contributed by atoms with Crippen LogP contribution >= 0.6 is 0 Å². The van der Waals surface area contributed by atoms with Gasteiger partial charge in [0.05, 0.1) is 0 Å². The van der Waals surface area contributed by atoms with E-state index in [4.69, 9.17) is 13.3 Å². The van der Waals surface area contributed by atoms with Crippen molar-refractivity contribution in [2.24, 2.45) is 0 Å². The van der Waals surface area contributed by atoms with Crippen LogP contribution < -0.4 is 10.6 Å². The molecule has 0 saturated heterocycles. The third-order valence-corrected chi connectivity index (χ3v) is 6.51. The molecule has 0 rings (SSSR count). The Morgan fingerprint density at radius 1 is 0.783 bits per heavy atom. The van der Waals surface area contributed by atoms with E-state index in [1.54, 1.807) is 0 Å². The van der Waals surface area contributed by atoms with E-state index in [1.165, 1.54) is 19.3 Å². The molecule has 0 aromatic rings. The van der Waals surface area contributed by atoms with Crippen LogP contribution in [0.25, 0.3) is 0 Å². The number of urea groups is 1. The minimum absolute atomic E-state index is 0.0991. The molecular weight excluding hydrogens is 312 g/mol. The predicted molar refractivity (Wildman–Crippen MR) is 95.6 cm³/mol. The first kappa shape index (κ1) is 22.4. The van der Waals surface area contributed by atoms with Gasteiger partial charge in [-0.15, -0.1) is 0 Å². The molecule has 0 aliphatic heterocycles. The van der Waals surface area contributed by atoms with Crippen LogP contribution in [0.3, 0.4) is 0 Å². The summed E-state index contributed by atoms with van der Waals surface area (Å²) < 4.78 is 17.4. The Balaban J connectivity index is 3.93. The molecule has 23 heavy (non-hydrogen) atoms. The third kappa shape index (κ3) is 11.5. The van der Waals surface area contributed by atoms with E-state index < -0.39 is 8.80 Å². The van der Waals surface area contributed by atoms with Gasteiger partial charge >= 0.3 is 14.8 Å². The molecule has 0 aromatic carbocycles. The first-order valence-electron chi connectivity index (χ1n) is 9.07. The van der Waals surface area contributed by atoms with E-state index in [9.17, 15) is 4.79 Å². The molecule has 7 heteroatoms. The van der Waals surface area contributed by atoms with Gasteiger partial charge in [-0.05, 0) is 33.6 Å². The van der Waals surface area contributed by atoms with Crippen molar-refractivity contribution in [2.75, 3.05) is 32.9 Å². The predicted octanol–water partition coefficient (Wildman–Crippen LogP) is 3.30. The molecule has 0 fully saturated rings. The van der Waals surface area contributed by atoms with Gasteiger partial charge in [-0.3, -0.25) is 0 Å². The number of amides is 2. The Labute approximate surface area is 143 Å². The Morgan fingerprint density at radius 3 is 1.78 bits per heavy atom. The summed E-state index contributed by atoms with van der Waals surface area (Å²) in [5.74, 6) is 0. The molecule has 0 spiro atoms. The zero-order valence-electron chi connectivity index (χ0n) is 15.4. The molecule has 0 bridgehead atoms. The van der Waals surface area contributed by atoms with Gasteiger partial charge in [0.1, 0.15) is 0 Å². The molecule has 0 unspecified atom stereocenters. The fraction of sp³-hybridized carbons (Fsp3) is 0.938. The quantitative estimate of drug-likeness (QED) is 0.352. The highest BCUT2D eigenvalue weighted by molar-refractivity contribution is 6.60. The number of carbonyl (C=O) groups excluding carboxylic acids is 1. The third-order valence-electron chi connectivity index (χ3n) is 3.35. The lowest BCUT2D eigenvalue weighted by Crippen LogP contribution is -2.46. The summed E-state index contributed by atoms with van der Waals surface area (Å²) in [6.07, 6.45) is 5.42. The van der Waals surface area contributed by atoms with E-state index in [0.717, 1.165) is 25.4 Å². The largest absolute Gasteiger partial charge is 0.500 e. The molecule has 0 atom stereocenters. The van der Waals surface area contributed by atoms with E-state index >= 15 is 0 Å². The second kappa shape index (κ2) is 14.9. The summed E-state index contributed by atoms with van der Waals surface area (Å²) in [7, 11) is -2.58. The highest BCUT2D eigenvalue weighted by atomic mass is 28.4. The second-order valence-electron chi connectivity index (χ2n) is 5.33. The zero-order valence-corrected chi connectivity index (χ0v) is 16.4. The first-order chi connectivity index (χ1) is 11.1. The molecule has 2 N–H and O–H groups in total. The van der Waals surface area contributed by atoms with E-state index in [1.807, 2.05) is 20.8 Å². The van der Waals surface area contributed by atoms with Crippen LogP contribution in [0.5, 0.6) is 0 Å². The number of carbonyl (C=O) groups is 1. The smallest absolute Gasteiger partial charge is 0.374 e. The lowest BCUT2D eigenvalue weighted by molar-refractivity contribution is 0.0708. The number of unbranched alkanes of at least 4 members (excludes halogenated alkanes) is 3. The van der Waals surface area contributed by atoms with Crippen molar-refractivity contribution < 1.29 is 18.1 Å². The van der Waals surface area contributed by atoms with Gasteiger partial charge in [-0.25, -0.2) is 4.79 Å². The SMILES string of the molecule is CCCCCCNC(=O)NCCC[Si](OCC)(OCC)OCC. The van der Waals surface area contributed by atoms with Gasteiger partial charge in [-0.2, -0.15) is 0 Å². The molecule has 2 amide bonds. The van der Waals surface area contributed by atoms with E-state index in [-0.39, 0.29) is 6.03 Å². The van der Waals surface area contributed by atoms with Crippen molar-refractivity contribution >= 4 is 14.8 Å². The highest BCUT2D eigenvalue weighted by Gasteiger charge is 2.39. The Bertz CT molecular complexity index is 276. The summed E-state index contributed by atoms with van der Waals surface area (Å²) in [5, 5.41) is 5.76. The van der Waals surface area contributed by atoms with Crippen LogP contribution in [0, 0.1) is 0 Å². The number of nitrogens with one attached hydrogen (secondary N) is 2. The molecule has 0 heterocycles. The molecule has 0 aliphatic carbocycles. The van der Waals surface area contributed by atoms with Crippen molar-refractivity contribution in [1.29, 1.82) is 0 Å². The van der Waals surface area contributed by atoms with Crippen molar-refractivity contribution in [3.05, 3.63) is 0 Å². The van der Waals surface area contributed by atoms with Crippen molar-refractivity contribution in [2.45, 2.75) is 65.8 Å². The van der Waals surface area contributed by atoms with Crippen LogP contribution in [0.15, 0.2) is 0 Å². The van der Waals surface area contributed by atoms with Gasteiger partial charge in [0.25, 0.3) is 0 Å². The summed E-state index contributed by atoms with van der Waals surface area (Å²) in [6, 6.07) is 0.622. The molecule has 0 saturated carbocycles. The second-order valence-corrected chi connectivity index (χ2v) is 8.06. The maximum atomic E-state index is 11.7. The Kier molecular flexibility index (Phi) is 14.5. The van der Waals surface area contributed by atoms with Crippen molar-refractivity contribution in [1.82, 2.24) is 10.6 Å². The number of hydrogen-bond donors (Lipinski definition) is 2. The lowest BCUT2D eigenvalue weighted by atomic mass is 10.2. The molecule has 0 aliphatic rings. The van der Waals surface area contributed by atoms with E-state index in [2.05, 4.69) is 17.6 Å². The average molecular weight is 349 g/mol. The van der Waals surface area contributed by atoms with Crippen LogP contribution in [-0.2, 0) is 13.3 Å². The molecule has 138 valence electrons. The maximum Gasteiger partial charge on any atom is 0.500 e. The summed E-state index contributed by atoms with van der Waals surface area (Å²) in [6.45, 7) is 11.1. The van der Waals surface area contributed by atoms with Gasteiger partial charge in [0.2, 0.25) is 0 Å². The molecular formula is C16H36N2O4Si. The van der Waals surface area contributed by atoms with E-state index in [0.29, 0.717) is 26.4 Å². The maximum absolute atomic E-state index is 11.7. The van der Waals surface area contributed by atoms with Gasteiger partial charge in [0, 0.05) is 39.0 Å². The van der Waals surface area contributed by atoms with Crippen molar-refractivity contribution in [3.8, 4) is 0 Å². The standard InChI is InChI=1S/C16H36N2O4Si/c1-5-9-10-11-13-17-16(19)18-14-12-15-23(20-6-2,21-7-3)22-8-4/h5-15H2,1-4H3,(H2,17,18,19). The number of hydrogen-bond acceptors (Lipinski definition) is 4. The fourth-order valence-corrected chi connectivity index (χ4v) is 4.94. The monoisotopic (exact) mass is 348 g/mol. The zero-order chi connectivity index (χ0) is 17.4. The van der Waals surface area contributed by atoms with Crippen LogP contribution in [0.1, 0.15) is 59.8 Å². The van der Waals surface area contributed by atoms with Gasteiger partial charge in [0.15, 0.2) is 0 Å². The molecule has 6 nitrogen and oxygen atoms in total. The van der Waals surface area contributed by atoms with Crippen molar-refractivity contribution in [3.63, 3.8) is 0 Å². The summed E-state index contributed by atoms with van der Waals surface area (Å²) >= 11 is 0. The Hall–Kier alpha value is -0.633. The van der Waals surface area contributed by atoms with Crippen LogP contribution in [-0.4, -0.2) is 47.7 Å². The highest BCUT2D eigenvalue weighted by Crippen LogP contribution is 2.17. The first-order valence-corrected chi connectivity index (χ1v) is 11.0.